The van der Waals surface area contributed by atoms with Gasteiger partial charge >= 0.3 is 23.9 Å². The third-order valence-corrected chi connectivity index (χ3v) is 13.4. The monoisotopic (exact) mass is 540 g/mol. The van der Waals surface area contributed by atoms with Crippen LogP contribution in [0.25, 0.3) is 0 Å². The molecular formula is C32H44O7. The number of cyclic esters (lactones) is 2. The van der Waals surface area contributed by atoms with E-state index < -0.39 is 40.6 Å². The predicted octanol–water partition coefficient (Wildman–Crippen LogP) is 5.09. The molecule has 8 atom stereocenters. The van der Waals surface area contributed by atoms with E-state index in [9.17, 15) is 19.2 Å². The number of carbonyl (C=O) groups excluding carboxylic acids is 4. The minimum atomic E-state index is -1.26. The van der Waals surface area contributed by atoms with Crippen molar-refractivity contribution in [1.29, 1.82) is 0 Å². The largest absolute Gasteiger partial charge is 0.469 e. The maximum Gasteiger partial charge on any atom is 0.318 e. The molecule has 6 aliphatic carbocycles. The fourth-order valence-electron chi connectivity index (χ4n) is 11.6. The van der Waals surface area contributed by atoms with Gasteiger partial charge in [0.15, 0.2) is 0 Å². The zero-order chi connectivity index (χ0) is 27.5. The summed E-state index contributed by atoms with van der Waals surface area (Å²) in [6, 6.07) is 0. The molecule has 8 aliphatic rings. The van der Waals surface area contributed by atoms with Gasteiger partial charge in [-0.3, -0.25) is 19.2 Å². The third-order valence-electron chi connectivity index (χ3n) is 13.4. The number of esters is 4. The van der Waals surface area contributed by atoms with Crippen molar-refractivity contribution in [2.75, 3.05) is 7.11 Å². The summed E-state index contributed by atoms with van der Waals surface area (Å²) in [5.41, 5.74) is -2.36. The van der Waals surface area contributed by atoms with Gasteiger partial charge in [0.2, 0.25) is 0 Å². The van der Waals surface area contributed by atoms with E-state index in [-0.39, 0.29) is 23.9 Å². The Labute approximate surface area is 231 Å². The lowest BCUT2D eigenvalue weighted by Gasteiger charge is -2.59. The van der Waals surface area contributed by atoms with Crippen molar-refractivity contribution in [3.05, 3.63) is 0 Å². The van der Waals surface area contributed by atoms with Crippen molar-refractivity contribution >= 4 is 23.9 Å². The summed E-state index contributed by atoms with van der Waals surface area (Å²) in [6.07, 6.45) is 10.7. The molecule has 0 radical (unpaired) electrons. The number of carbonyl (C=O) groups is 4. The van der Waals surface area contributed by atoms with Crippen LogP contribution in [0.15, 0.2) is 0 Å². The molecule has 6 saturated carbocycles. The van der Waals surface area contributed by atoms with Crippen LogP contribution in [0, 0.1) is 70.0 Å². The van der Waals surface area contributed by atoms with Crippen LogP contribution in [0.2, 0.25) is 0 Å². The van der Waals surface area contributed by atoms with Crippen LogP contribution >= 0.6 is 0 Å². The number of fused-ring (bicyclic) bond motifs is 2. The Morgan fingerprint density at radius 2 is 1.62 bits per heavy atom. The second kappa shape index (κ2) is 8.55. The van der Waals surface area contributed by atoms with Gasteiger partial charge in [0.05, 0.1) is 29.8 Å². The molecule has 0 N–H and O–H groups in total. The van der Waals surface area contributed by atoms with Crippen LogP contribution in [0.3, 0.4) is 0 Å². The average Bonchev–Trinajstić information content (AvgIpc) is 3.63. The second-order valence-corrected chi connectivity index (χ2v) is 15.3. The van der Waals surface area contributed by atoms with Crippen LogP contribution in [0.1, 0.15) is 91.4 Å². The fourth-order valence-corrected chi connectivity index (χ4v) is 11.6. The van der Waals surface area contributed by atoms with Gasteiger partial charge < -0.3 is 14.2 Å². The van der Waals surface area contributed by atoms with E-state index in [0.717, 1.165) is 50.4 Å². The standard InChI is InChI=1S/C32H44O7/c1-16-19-5-6-20(14-19)23(16)24-25(27(34)38-26(24)33)31(3,29(36)37-4)8-7-30(2)15-32(39-28(30)35)21-10-17-9-18(12-21)13-22(32)11-17/h16-25H,5-15H2,1-4H3. The molecule has 2 aliphatic heterocycles. The van der Waals surface area contributed by atoms with Crippen LogP contribution in [-0.4, -0.2) is 36.6 Å². The number of rotatable bonds is 6. The molecule has 214 valence electrons. The summed E-state index contributed by atoms with van der Waals surface area (Å²) in [4.78, 5) is 53.7. The molecule has 0 aromatic heterocycles. The molecule has 7 heteroatoms. The highest BCUT2D eigenvalue weighted by atomic mass is 16.6. The van der Waals surface area contributed by atoms with Gasteiger partial charge in [-0.05, 0) is 125 Å². The van der Waals surface area contributed by atoms with Crippen LogP contribution in [0.4, 0.5) is 0 Å². The van der Waals surface area contributed by atoms with E-state index in [1.807, 2.05) is 6.92 Å². The maximum atomic E-state index is 13.6. The first-order valence-corrected chi connectivity index (χ1v) is 15.6. The number of hydrogen-bond acceptors (Lipinski definition) is 7. The molecule has 8 fully saturated rings. The lowest BCUT2D eigenvalue weighted by atomic mass is 9.48. The molecule has 8 unspecified atom stereocenters. The van der Waals surface area contributed by atoms with E-state index in [4.69, 9.17) is 14.2 Å². The summed E-state index contributed by atoms with van der Waals surface area (Å²) in [5.74, 6) is 0.481. The van der Waals surface area contributed by atoms with E-state index >= 15 is 0 Å². The molecule has 0 aromatic carbocycles. The van der Waals surface area contributed by atoms with Crippen molar-refractivity contribution in [3.63, 3.8) is 0 Å². The normalized spacial score (nSPS) is 50.9. The van der Waals surface area contributed by atoms with Gasteiger partial charge in [-0.15, -0.1) is 0 Å². The number of ether oxygens (including phenoxy) is 3. The molecule has 0 amide bonds. The summed E-state index contributed by atoms with van der Waals surface area (Å²) in [6.45, 7) is 5.94. The van der Waals surface area contributed by atoms with E-state index in [1.165, 1.54) is 20.0 Å². The van der Waals surface area contributed by atoms with E-state index in [2.05, 4.69) is 6.92 Å². The van der Waals surface area contributed by atoms with Crippen molar-refractivity contribution < 1.29 is 33.4 Å². The topological polar surface area (TPSA) is 96.0 Å². The Kier molecular flexibility index (Phi) is 5.70. The Morgan fingerprint density at radius 3 is 2.21 bits per heavy atom. The molecular weight excluding hydrogens is 496 g/mol. The first kappa shape index (κ1) is 26.0. The molecule has 8 rings (SSSR count). The highest BCUT2D eigenvalue weighted by Crippen LogP contribution is 2.66. The third kappa shape index (κ3) is 3.52. The van der Waals surface area contributed by atoms with E-state index in [1.54, 1.807) is 6.92 Å². The highest BCUT2D eigenvalue weighted by molar-refractivity contribution is 6.00. The molecule has 6 bridgehead atoms. The van der Waals surface area contributed by atoms with Gasteiger partial charge in [0, 0.05) is 6.42 Å². The number of methoxy groups -OCH3 is 1. The molecule has 39 heavy (non-hydrogen) atoms. The van der Waals surface area contributed by atoms with Gasteiger partial charge in [-0.25, -0.2) is 0 Å². The van der Waals surface area contributed by atoms with Crippen molar-refractivity contribution in [2.24, 2.45) is 70.0 Å². The molecule has 0 aromatic rings. The van der Waals surface area contributed by atoms with Gasteiger partial charge in [-0.2, -0.15) is 0 Å². The lowest BCUT2D eigenvalue weighted by molar-refractivity contribution is -0.191. The van der Waals surface area contributed by atoms with Gasteiger partial charge in [0.1, 0.15) is 5.60 Å². The van der Waals surface area contributed by atoms with Crippen molar-refractivity contribution in [1.82, 2.24) is 0 Å². The quantitative estimate of drug-likeness (QED) is 0.263. The summed E-state index contributed by atoms with van der Waals surface area (Å²) in [5, 5.41) is 0. The SMILES string of the molecule is COC(=O)C(C)(CCC1(C)CC2(OC1=O)C1CC3CC(C1)CC2C3)C1C(=O)OC(=O)C1C1C2CCC(C2)C1C. The summed E-state index contributed by atoms with van der Waals surface area (Å²) >= 11 is 0. The molecule has 2 saturated heterocycles. The Balaban J connectivity index is 1.16. The smallest absolute Gasteiger partial charge is 0.318 e. The molecule has 2 heterocycles. The molecule has 7 nitrogen and oxygen atoms in total. The van der Waals surface area contributed by atoms with Crippen molar-refractivity contribution in [2.45, 2.75) is 97.0 Å². The maximum absolute atomic E-state index is 13.6. The first-order valence-electron chi connectivity index (χ1n) is 15.6. The minimum Gasteiger partial charge on any atom is -0.469 e. The molecule has 1 spiro atoms. The fraction of sp³-hybridized carbons (Fsp3) is 0.875. The van der Waals surface area contributed by atoms with E-state index in [0.29, 0.717) is 42.4 Å². The van der Waals surface area contributed by atoms with Gasteiger partial charge in [-0.1, -0.05) is 6.92 Å². The Morgan fingerprint density at radius 1 is 0.974 bits per heavy atom. The van der Waals surface area contributed by atoms with Crippen LogP contribution < -0.4 is 0 Å². The lowest BCUT2D eigenvalue weighted by Crippen LogP contribution is -2.57. The number of hydrogen-bond donors (Lipinski definition) is 0. The summed E-state index contributed by atoms with van der Waals surface area (Å²) in [7, 11) is 1.34. The van der Waals surface area contributed by atoms with Crippen molar-refractivity contribution in [3.8, 4) is 0 Å². The highest BCUT2D eigenvalue weighted by Gasteiger charge is 2.68. The van der Waals surface area contributed by atoms with Gasteiger partial charge in [0.25, 0.3) is 0 Å². The predicted molar refractivity (Wildman–Crippen MR) is 140 cm³/mol. The van der Waals surface area contributed by atoms with Crippen LogP contribution in [0.5, 0.6) is 0 Å². The minimum absolute atomic E-state index is 0.0417. The summed E-state index contributed by atoms with van der Waals surface area (Å²) < 4.78 is 17.0. The zero-order valence-corrected chi connectivity index (χ0v) is 23.9. The second-order valence-electron chi connectivity index (χ2n) is 15.3. The first-order chi connectivity index (χ1) is 18.5. The Bertz CT molecular complexity index is 1080. The zero-order valence-electron chi connectivity index (χ0n) is 23.9. The Hall–Kier alpha value is -1.92. The average molecular weight is 541 g/mol. The van der Waals surface area contributed by atoms with Crippen LogP contribution in [-0.2, 0) is 33.4 Å².